The third kappa shape index (κ3) is 3.45. The summed E-state index contributed by atoms with van der Waals surface area (Å²) in [5.41, 5.74) is 1.20. The van der Waals surface area contributed by atoms with E-state index in [1.54, 1.807) is 30.9 Å². The minimum atomic E-state index is -0.338. The molecule has 2 aromatic heterocycles. The van der Waals surface area contributed by atoms with Crippen LogP contribution in [0, 0.1) is 12.9 Å². The molecule has 0 radical (unpaired) electrons. The zero-order valence-corrected chi connectivity index (χ0v) is 11.6. The summed E-state index contributed by atoms with van der Waals surface area (Å²) in [7, 11) is 1.57. The second-order valence-electron chi connectivity index (χ2n) is 4.02. The Bertz CT molecular complexity index is 539. The number of aryl methyl sites for hydroxylation is 2. The highest BCUT2D eigenvalue weighted by Gasteiger charge is 2.12. The van der Waals surface area contributed by atoms with Gasteiger partial charge in [-0.2, -0.15) is 14.6 Å². The highest BCUT2D eigenvalue weighted by molar-refractivity contribution is 5.85. The van der Waals surface area contributed by atoms with Crippen LogP contribution in [0.2, 0.25) is 0 Å². The Morgan fingerprint density at radius 3 is 2.74 bits per heavy atom. The van der Waals surface area contributed by atoms with Crippen molar-refractivity contribution in [2.24, 2.45) is 7.05 Å². The lowest BCUT2D eigenvalue weighted by Crippen LogP contribution is -2.06. The molecule has 0 bridgehead atoms. The van der Waals surface area contributed by atoms with E-state index < -0.39 is 0 Å². The number of aliphatic hydroxyl groups excluding tert-OH is 1. The van der Waals surface area contributed by atoms with E-state index in [9.17, 15) is 4.39 Å². The van der Waals surface area contributed by atoms with E-state index in [0.717, 1.165) is 0 Å². The second-order valence-corrected chi connectivity index (χ2v) is 4.02. The van der Waals surface area contributed by atoms with Crippen LogP contribution in [-0.2, 0) is 20.1 Å². The van der Waals surface area contributed by atoms with Crippen LogP contribution in [0.15, 0.2) is 12.3 Å². The molecule has 0 aliphatic rings. The van der Waals surface area contributed by atoms with Crippen molar-refractivity contribution in [3.05, 3.63) is 29.5 Å². The Labute approximate surface area is 116 Å². The van der Waals surface area contributed by atoms with Gasteiger partial charge in [0.25, 0.3) is 0 Å². The molecule has 0 saturated carbocycles. The lowest BCUT2D eigenvalue weighted by atomic mass is 10.2. The fourth-order valence-corrected chi connectivity index (χ4v) is 1.74. The summed E-state index contributed by atoms with van der Waals surface area (Å²) in [4.78, 5) is 0. The van der Waals surface area contributed by atoms with E-state index in [0.29, 0.717) is 30.2 Å². The van der Waals surface area contributed by atoms with Gasteiger partial charge in [-0.05, 0) is 6.92 Å². The topological polar surface area (TPSA) is 67.9 Å². The highest BCUT2D eigenvalue weighted by Crippen LogP contribution is 2.13. The molecule has 0 aliphatic carbocycles. The van der Waals surface area contributed by atoms with Crippen LogP contribution in [0.4, 0.5) is 10.2 Å². The molecule has 2 aromatic rings. The normalized spacial score (nSPS) is 10.3. The van der Waals surface area contributed by atoms with Crippen molar-refractivity contribution in [3.8, 4) is 0 Å². The summed E-state index contributed by atoms with van der Waals surface area (Å²) in [5, 5.41) is 20.0. The lowest BCUT2D eigenvalue weighted by Gasteiger charge is -2.02. The number of hydrogen-bond acceptors (Lipinski definition) is 4. The smallest absolute Gasteiger partial charge is 0.216 e. The van der Waals surface area contributed by atoms with Crippen molar-refractivity contribution in [2.75, 3.05) is 11.9 Å². The van der Waals surface area contributed by atoms with E-state index in [4.69, 9.17) is 5.11 Å². The van der Waals surface area contributed by atoms with Crippen LogP contribution in [0.5, 0.6) is 0 Å². The summed E-state index contributed by atoms with van der Waals surface area (Å²) in [6.45, 7) is 2.59. The van der Waals surface area contributed by atoms with Crippen LogP contribution in [0.25, 0.3) is 0 Å². The molecule has 8 heteroatoms. The Morgan fingerprint density at radius 1 is 1.42 bits per heavy atom. The van der Waals surface area contributed by atoms with E-state index in [1.165, 1.54) is 4.68 Å². The van der Waals surface area contributed by atoms with Gasteiger partial charge in [0.1, 0.15) is 5.82 Å². The fourth-order valence-electron chi connectivity index (χ4n) is 1.74. The number of hydrogen-bond donors (Lipinski definition) is 2. The van der Waals surface area contributed by atoms with Crippen molar-refractivity contribution >= 4 is 18.2 Å². The largest absolute Gasteiger partial charge is 0.394 e. The first-order valence-electron chi connectivity index (χ1n) is 5.68. The maximum absolute atomic E-state index is 13.7. The number of nitrogens with one attached hydrogen (secondary N) is 1. The molecular weight excluding hydrogens is 273 g/mol. The quantitative estimate of drug-likeness (QED) is 0.865. The summed E-state index contributed by atoms with van der Waals surface area (Å²) >= 11 is 0. The Kier molecular flexibility index (Phi) is 5.31. The van der Waals surface area contributed by atoms with Crippen molar-refractivity contribution in [2.45, 2.75) is 20.0 Å². The molecule has 2 N–H and O–H groups in total. The third-order valence-electron chi connectivity index (χ3n) is 2.69. The molecule has 0 aromatic carbocycles. The van der Waals surface area contributed by atoms with Crippen LogP contribution in [-0.4, -0.2) is 31.3 Å². The maximum atomic E-state index is 13.7. The minimum absolute atomic E-state index is 0. The molecular formula is C11H17ClFN5O. The average Bonchev–Trinajstić information content (AvgIpc) is 2.85. The first-order chi connectivity index (χ1) is 8.61. The number of aliphatic hydroxyl groups is 1. The molecule has 0 atom stereocenters. The van der Waals surface area contributed by atoms with Gasteiger partial charge in [-0.1, -0.05) is 0 Å². The van der Waals surface area contributed by atoms with Gasteiger partial charge in [-0.15, -0.1) is 12.4 Å². The summed E-state index contributed by atoms with van der Waals surface area (Å²) in [6, 6.07) is 1.78. The van der Waals surface area contributed by atoms with Gasteiger partial charge >= 0.3 is 0 Å². The standard InChI is InChI=1S/C11H16FN5O.ClH/c1-8-9(11(12)16(2)14-8)7-13-10-3-4-17(15-10)5-6-18;/h3-4,18H,5-7H2,1-2H3,(H,13,15);1H. The van der Waals surface area contributed by atoms with Crippen molar-refractivity contribution in [3.63, 3.8) is 0 Å². The van der Waals surface area contributed by atoms with Crippen molar-refractivity contribution < 1.29 is 9.50 Å². The molecule has 6 nitrogen and oxygen atoms in total. The molecule has 2 heterocycles. The Morgan fingerprint density at radius 2 is 2.16 bits per heavy atom. The first kappa shape index (κ1) is 15.5. The van der Waals surface area contributed by atoms with Crippen LogP contribution >= 0.6 is 12.4 Å². The van der Waals surface area contributed by atoms with Gasteiger partial charge in [-0.3, -0.25) is 4.68 Å². The predicted octanol–water partition coefficient (Wildman–Crippen LogP) is 1.09. The first-order valence-corrected chi connectivity index (χ1v) is 5.68. The van der Waals surface area contributed by atoms with Crippen molar-refractivity contribution in [1.82, 2.24) is 19.6 Å². The van der Waals surface area contributed by atoms with E-state index in [1.807, 2.05) is 0 Å². The van der Waals surface area contributed by atoms with E-state index in [-0.39, 0.29) is 25.0 Å². The second kappa shape index (κ2) is 6.53. The van der Waals surface area contributed by atoms with Gasteiger partial charge in [0.2, 0.25) is 5.95 Å². The Balaban J connectivity index is 0.00000180. The fraction of sp³-hybridized carbons (Fsp3) is 0.455. The van der Waals surface area contributed by atoms with Gasteiger partial charge in [-0.25, -0.2) is 4.68 Å². The molecule has 0 aliphatic heterocycles. The molecule has 106 valence electrons. The molecule has 0 unspecified atom stereocenters. The van der Waals surface area contributed by atoms with Gasteiger partial charge < -0.3 is 10.4 Å². The zero-order valence-electron chi connectivity index (χ0n) is 10.8. The van der Waals surface area contributed by atoms with Gasteiger partial charge in [0, 0.05) is 31.4 Å². The van der Waals surface area contributed by atoms with Crippen LogP contribution in [0.1, 0.15) is 11.3 Å². The Hall–Kier alpha value is -1.60. The number of nitrogens with zero attached hydrogens (tertiary/aromatic N) is 4. The number of halogens is 2. The maximum Gasteiger partial charge on any atom is 0.216 e. The van der Waals surface area contributed by atoms with Crippen molar-refractivity contribution in [1.29, 1.82) is 0 Å². The third-order valence-corrected chi connectivity index (χ3v) is 2.69. The molecule has 0 spiro atoms. The summed E-state index contributed by atoms with van der Waals surface area (Å²) in [6.07, 6.45) is 1.75. The van der Waals surface area contributed by atoms with Gasteiger partial charge in [0.15, 0.2) is 0 Å². The molecule has 0 saturated heterocycles. The number of anilines is 1. The molecule has 0 fully saturated rings. The van der Waals surface area contributed by atoms with Crippen LogP contribution in [0.3, 0.4) is 0 Å². The highest BCUT2D eigenvalue weighted by atomic mass is 35.5. The monoisotopic (exact) mass is 289 g/mol. The molecule has 19 heavy (non-hydrogen) atoms. The number of rotatable bonds is 5. The average molecular weight is 290 g/mol. The van der Waals surface area contributed by atoms with E-state index in [2.05, 4.69) is 15.5 Å². The summed E-state index contributed by atoms with van der Waals surface area (Å²) in [5.74, 6) is 0.306. The SMILES string of the molecule is Cc1nn(C)c(F)c1CNc1ccn(CCO)n1.Cl. The molecule has 0 amide bonds. The van der Waals surface area contributed by atoms with Crippen LogP contribution < -0.4 is 5.32 Å². The lowest BCUT2D eigenvalue weighted by molar-refractivity contribution is 0.269. The molecule has 2 rings (SSSR count). The van der Waals surface area contributed by atoms with Gasteiger partial charge in [0.05, 0.1) is 18.8 Å². The summed E-state index contributed by atoms with van der Waals surface area (Å²) < 4.78 is 16.5. The minimum Gasteiger partial charge on any atom is -0.394 e. The predicted molar refractivity (Wildman–Crippen MR) is 71.8 cm³/mol. The zero-order chi connectivity index (χ0) is 13.1. The van der Waals surface area contributed by atoms with E-state index >= 15 is 0 Å². The number of aromatic nitrogens is 4.